The van der Waals surface area contributed by atoms with Crippen LogP contribution in [0.25, 0.3) is 0 Å². The van der Waals surface area contributed by atoms with Gasteiger partial charge in [0.1, 0.15) is 0 Å². The molecule has 1 heterocycles. The van der Waals surface area contributed by atoms with Crippen molar-refractivity contribution in [2.24, 2.45) is 5.41 Å². The third-order valence-corrected chi connectivity index (χ3v) is 2.86. The number of carbonyl (C=O) groups excluding carboxylic acids is 1. The zero-order valence-corrected chi connectivity index (χ0v) is 9.69. The highest BCUT2D eigenvalue weighted by Crippen LogP contribution is 2.30. The van der Waals surface area contributed by atoms with Gasteiger partial charge in [0.25, 0.3) is 0 Å². The number of ether oxygens (including phenoxy) is 2. The number of rotatable bonds is 5. The van der Waals surface area contributed by atoms with Gasteiger partial charge in [-0.3, -0.25) is 9.59 Å². The minimum absolute atomic E-state index is 0.148. The molecule has 1 saturated heterocycles. The van der Waals surface area contributed by atoms with Crippen LogP contribution in [0.4, 0.5) is 0 Å². The first-order valence-corrected chi connectivity index (χ1v) is 5.53. The molecule has 1 aliphatic rings. The molecule has 0 radical (unpaired) electrons. The number of carboxylic acid groups (broad SMARTS) is 1. The van der Waals surface area contributed by atoms with Crippen molar-refractivity contribution < 1.29 is 24.2 Å². The van der Waals surface area contributed by atoms with Crippen LogP contribution in [0.5, 0.6) is 0 Å². The molecular formula is C11H18O5. The topological polar surface area (TPSA) is 72.8 Å². The summed E-state index contributed by atoms with van der Waals surface area (Å²) in [5.74, 6) is -1.83. The summed E-state index contributed by atoms with van der Waals surface area (Å²) in [5, 5.41) is 9.13. The van der Waals surface area contributed by atoms with Crippen LogP contribution < -0.4 is 0 Å². The summed E-state index contributed by atoms with van der Waals surface area (Å²) < 4.78 is 10.2. The first-order valence-electron chi connectivity index (χ1n) is 5.53. The van der Waals surface area contributed by atoms with Gasteiger partial charge in [0.2, 0.25) is 0 Å². The summed E-state index contributed by atoms with van der Waals surface area (Å²) in [5.41, 5.74) is -1.50. The van der Waals surface area contributed by atoms with E-state index in [1.165, 1.54) is 6.92 Å². The molecule has 0 saturated carbocycles. The van der Waals surface area contributed by atoms with Crippen molar-refractivity contribution in [3.63, 3.8) is 0 Å². The maximum absolute atomic E-state index is 11.6. The van der Waals surface area contributed by atoms with Gasteiger partial charge in [0, 0.05) is 13.0 Å². The smallest absolute Gasteiger partial charge is 0.323 e. The van der Waals surface area contributed by atoms with Gasteiger partial charge in [-0.25, -0.2) is 0 Å². The van der Waals surface area contributed by atoms with E-state index in [2.05, 4.69) is 0 Å². The Hall–Kier alpha value is -1.10. The first-order chi connectivity index (χ1) is 7.50. The van der Waals surface area contributed by atoms with Crippen LogP contribution in [0.1, 0.15) is 33.1 Å². The number of esters is 1. The van der Waals surface area contributed by atoms with Gasteiger partial charge in [0.05, 0.1) is 12.7 Å². The standard InChI is InChI=1S/C11H18O5/c1-3-15-10(14)11(2,9(12)13)7-8-5-4-6-16-8/h8H,3-7H2,1-2H3,(H,12,13). The Morgan fingerprint density at radius 1 is 1.56 bits per heavy atom. The number of hydrogen-bond acceptors (Lipinski definition) is 4. The van der Waals surface area contributed by atoms with Crippen LogP contribution in [0.3, 0.4) is 0 Å². The van der Waals surface area contributed by atoms with E-state index < -0.39 is 17.4 Å². The highest BCUT2D eigenvalue weighted by molar-refractivity contribution is 5.98. The van der Waals surface area contributed by atoms with Gasteiger partial charge < -0.3 is 14.6 Å². The Bertz CT molecular complexity index is 270. The van der Waals surface area contributed by atoms with E-state index in [1.807, 2.05) is 0 Å². The lowest BCUT2D eigenvalue weighted by Gasteiger charge is -2.25. The van der Waals surface area contributed by atoms with Gasteiger partial charge in [0.15, 0.2) is 5.41 Å². The summed E-state index contributed by atoms with van der Waals surface area (Å²) in [7, 11) is 0. The molecule has 2 atom stereocenters. The van der Waals surface area contributed by atoms with Gasteiger partial charge in [-0.1, -0.05) is 0 Å². The normalized spacial score (nSPS) is 23.8. The Kier molecular flexibility index (Phi) is 4.29. The molecule has 5 nitrogen and oxygen atoms in total. The van der Waals surface area contributed by atoms with Crippen molar-refractivity contribution in [1.29, 1.82) is 0 Å². The van der Waals surface area contributed by atoms with Gasteiger partial charge in [-0.05, 0) is 26.7 Å². The average Bonchev–Trinajstić information content (AvgIpc) is 2.70. The summed E-state index contributed by atoms with van der Waals surface area (Å²) >= 11 is 0. The lowest BCUT2D eigenvalue weighted by molar-refractivity contribution is -0.169. The molecule has 0 aromatic heterocycles. The molecule has 0 aromatic carbocycles. The SMILES string of the molecule is CCOC(=O)C(C)(CC1CCCO1)C(=O)O. The van der Waals surface area contributed by atoms with Gasteiger partial charge in [-0.15, -0.1) is 0 Å². The average molecular weight is 230 g/mol. The Morgan fingerprint density at radius 2 is 2.25 bits per heavy atom. The molecule has 1 aliphatic heterocycles. The van der Waals surface area contributed by atoms with Crippen LogP contribution in [0, 0.1) is 5.41 Å². The zero-order valence-electron chi connectivity index (χ0n) is 9.69. The minimum atomic E-state index is -1.50. The highest BCUT2D eigenvalue weighted by atomic mass is 16.5. The van der Waals surface area contributed by atoms with E-state index in [0.29, 0.717) is 6.61 Å². The van der Waals surface area contributed by atoms with Crippen LogP contribution >= 0.6 is 0 Å². The van der Waals surface area contributed by atoms with Crippen molar-refractivity contribution in [1.82, 2.24) is 0 Å². The molecule has 0 aliphatic carbocycles. The Labute approximate surface area is 94.7 Å². The lowest BCUT2D eigenvalue weighted by Crippen LogP contribution is -2.40. The van der Waals surface area contributed by atoms with Crippen LogP contribution in [-0.4, -0.2) is 36.4 Å². The molecular weight excluding hydrogens is 212 g/mol. The second-order valence-corrected chi connectivity index (χ2v) is 4.20. The zero-order chi connectivity index (χ0) is 12.2. The molecule has 0 bridgehead atoms. The Balaban J connectivity index is 2.70. The monoisotopic (exact) mass is 230 g/mol. The fourth-order valence-corrected chi connectivity index (χ4v) is 1.81. The second-order valence-electron chi connectivity index (χ2n) is 4.20. The molecule has 1 fully saturated rings. The largest absolute Gasteiger partial charge is 0.480 e. The third-order valence-electron chi connectivity index (χ3n) is 2.86. The summed E-state index contributed by atoms with van der Waals surface area (Å²) in [6.45, 7) is 3.89. The molecule has 0 spiro atoms. The predicted octanol–water partition coefficient (Wildman–Crippen LogP) is 1.21. The third kappa shape index (κ3) is 2.72. The number of aliphatic carboxylic acids is 1. The maximum atomic E-state index is 11.6. The molecule has 5 heteroatoms. The van der Waals surface area contributed by atoms with Crippen molar-refractivity contribution in [2.45, 2.75) is 39.2 Å². The first kappa shape index (κ1) is 13.0. The van der Waals surface area contributed by atoms with Crippen LogP contribution in [0.15, 0.2) is 0 Å². The van der Waals surface area contributed by atoms with E-state index in [-0.39, 0.29) is 19.1 Å². The number of carboxylic acids is 1. The Morgan fingerprint density at radius 3 is 2.69 bits per heavy atom. The minimum Gasteiger partial charge on any atom is -0.480 e. The molecule has 0 aromatic rings. The van der Waals surface area contributed by atoms with E-state index in [1.54, 1.807) is 6.92 Å². The van der Waals surface area contributed by atoms with Crippen molar-refractivity contribution in [3.8, 4) is 0 Å². The lowest BCUT2D eigenvalue weighted by atomic mass is 9.84. The number of carbonyl (C=O) groups is 2. The highest BCUT2D eigenvalue weighted by Gasteiger charge is 2.45. The fraction of sp³-hybridized carbons (Fsp3) is 0.818. The molecule has 16 heavy (non-hydrogen) atoms. The van der Waals surface area contributed by atoms with Crippen molar-refractivity contribution >= 4 is 11.9 Å². The molecule has 1 rings (SSSR count). The predicted molar refractivity (Wildman–Crippen MR) is 56.0 cm³/mol. The van der Waals surface area contributed by atoms with Gasteiger partial charge >= 0.3 is 11.9 Å². The summed E-state index contributed by atoms with van der Waals surface area (Å²) in [6.07, 6.45) is 1.76. The molecule has 2 unspecified atom stereocenters. The van der Waals surface area contributed by atoms with Crippen molar-refractivity contribution in [3.05, 3.63) is 0 Å². The van der Waals surface area contributed by atoms with Crippen LogP contribution in [-0.2, 0) is 19.1 Å². The maximum Gasteiger partial charge on any atom is 0.323 e. The summed E-state index contributed by atoms with van der Waals surface area (Å²) in [4.78, 5) is 22.8. The molecule has 92 valence electrons. The van der Waals surface area contributed by atoms with E-state index in [0.717, 1.165) is 12.8 Å². The summed E-state index contributed by atoms with van der Waals surface area (Å²) in [6, 6.07) is 0. The van der Waals surface area contributed by atoms with E-state index >= 15 is 0 Å². The fourth-order valence-electron chi connectivity index (χ4n) is 1.81. The number of hydrogen-bond donors (Lipinski definition) is 1. The second kappa shape index (κ2) is 5.30. The van der Waals surface area contributed by atoms with Crippen molar-refractivity contribution in [2.75, 3.05) is 13.2 Å². The van der Waals surface area contributed by atoms with E-state index in [4.69, 9.17) is 14.6 Å². The van der Waals surface area contributed by atoms with E-state index in [9.17, 15) is 9.59 Å². The van der Waals surface area contributed by atoms with Crippen LogP contribution in [0.2, 0.25) is 0 Å². The molecule has 1 N–H and O–H groups in total. The quantitative estimate of drug-likeness (QED) is 0.567. The van der Waals surface area contributed by atoms with Gasteiger partial charge in [-0.2, -0.15) is 0 Å². The molecule has 0 amide bonds.